The topological polar surface area (TPSA) is 42.4 Å². The second kappa shape index (κ2) is 5.89. The van der Waals surface area contributed by atoms with Crippen molar-refractivity contribution in [2.45, 2.75) is 32.0 Å². The van der Waals surface area contributed by atoms with Crippen LogP contribution in [0.2, 0.25) is 0 Å². The number of pyridine rings is 1. The van der Waals surface area contributed by atoms with E-state index in [1.54, 1.807) is 24.5 Å². The summed E-state index contributed by atoms with van der Waals surface area (Å²) in [5, 5.41) is 0. The van der Waals surface area contributed by atoms with E-state index in [0.29, 0.717) is 12.2 Å². The minimum Gasteiger partial charge on any atom is -0.354 e. The van der Waals surface area contributed by atoms with E-state index < -0.39 is 5.72 Å². The molecule has 0 saturated carbocycles. The number of ether oxygens (including phenoxy) is 1. The first-order chi connectivity index (χ1) is 10.6. The second-order valence-electron chi connectivity index (χ2n) is 6.02. The molecular weight excluding hydrogens is 276 g/mol. The van der Waals surface area contributed by atoms with Crippen molar-refractivity contribution in [1.29, 1.82) is 0 Å². The molecule has 0 spiro atoms. The molecule has 2 heterocycles. The number of amides is 1. The van der Waals surface area contributed by atoms with E-state index in [1.165, 1.54) is 5.56 Å². The van der Waals surface area contributed by atoms with Crippen molar-refractivity contribution in [3.05, 3.63) is 66.0 Å². The van der Waals surface area contributed by atoms with Crippen LogP contribution in [0, 0.1) is 0 Å². The molecule has 1 aliphatic heterocycles. The van der Waals surface area contributed by atoms with Crippen molar-refractivity contribution in [2.75, 3.05) is 6.61 Å². The number of hydrogen-bond donors (Lipinski definition) is 0. The number of aromatic nitrogens is 1. The first kappa shape index (κ1) is 14.7. The van der Waals surface area contributed by atoms with E-state index in [1.807, 2.05) is 36.9 Å². The predicted octanol–water partition coefficient (Wildman–Crippen LogP) is 2.90. The van der Waals surface area contributed by atoms with Crippen LogP contribution in [0.4, 0.5) is 0 Å². The van der Waals surface area contributed by atoms with Gasteiger partial charge in [0.2, 0.25) is 0 Å². The molecule has 1 aromatic heterocycles. The van der Waals surface area contributed by atoms with Crippen LogP contribution in [0.5, 0.6) is 0 Å². The standard InChI is InChI=1S/C18H20N2O2/c1-18(2)20(17(21)15-9-6-10-19-12-15)16(13-22-18)11-14-7-4-3-5-8-14/h3-10,12,16H,11,13H2,1-2H3/t16-/m1/s1. The summed E-state index contributed by atoms with van der Waals surface area (Å²) in [6.07, 6.45) is 4.07. The highest BCUT2D eigenvalue weighted by atomic mass is 16.5. The number of rotatable bonds is 3. The number of benzene rings is 1. The average molecular weight is 296 g/mol. The highest BCUT2D eigenvalue weighted by molar-refractivity contribution is 5.94. The molecule has 114 valence electrons. The monoisotopic (exact) mass is 296 g/mol. The molecule has 0 aliphatic carbocycles. The number of carbonyl (C=O) groups excluding carboxylic acids is 1. The van der Waals surface area contributed by atoms with Gasteiger partial charge in [-0.15, -0.1) is 0 Å². The lowest BCUT2D eigenvalue weighted by Gasteiger charge is -2.33. The van der Waals surface area contributed by atoms with Gasteiger partial charge in [0.05, 0.1) is 18.2 Å². The van der Waals surface area contributed by atoms with Crippen LogP contribution in [0.3, 0.4) is 0 Å². The molecule has 1 saturated heterocycles. The third kappa shape index (κ3) is 2.88. The Bertz CT molecular complexity index is 641. The van der Waals surface area contributed by atoms with Gasteiger partial charge in [0.1, 0.15) is 5.72 Å². The van der Waals surface area contributed by atoms with E-state index in [9.17, 15) is 4.79 Å². The van der Waals surface area contributed by atoms with Gasteiger partial charge in [-0.25, -0.2) is 0 Å². The highest BCUT2D eigenvalue weighted by Crippen LogP contribution is 2.30. The maximum atomic E-state index is 12.9. The van der Waals surface area contributed by atoms with E-state index in [2.05, 4.69) is 17.1 Å². The van der Waals surface area contributed by atoms with Crippen LogP contribution in [0.1, 0.15) is 29.8 Å². The van der Waals surface area contributed by atoms with E-state index >= 15 is 0 Å². The Morgan fingerprint density at radius 1 is 1.27 bits per heavy atom. The summed E-state index contributed by atoms with van der Waals surface area (Å²) in [7, 11) is 0. The maximum absolute atomic E-state index is 12.9. The third-order valence-electron chi connectivity index (χ3n) is 4.02. The summed E-state index contributed by atoms with van der Waals surface area (Å²) in [5.74, 6) is -0.0310. The van der Waals surface area contributed by atoms with Gasteiger partial charge < -0.3 is 9.64 Å². The average Bonchev–Trinajstić information content (AvgIpc) is 2.83. The fourth-order valence-electron chi connectivity index (χ4n) is 2.96. The van der Waals surface area contributed by atoms with E-state index in [4.69, 9.17) is 4.74 Å². The lowest BCUT2D eigenvalue weighted by molar-refractivity contribution is -0.0402. The van der Waals surface area contributed by atoms with Gasteiger partial charge in [0, 0.05) is 12.4 Å². The van der Waals surface area contributed by atoms with Gasteiger partial charge in [-0.05, 0) is 38.0 Å². The molecule has 0 N–H and O–H groups in total. The Morgan fingerprint density at radius 3 is 2.73 bits per heavy atom. The summed E-state index contributed by atoms with van der Waals surface area (Å²) < 4.78 is 5.87. The van der Waals surface area contributed by atoms with Gasteiger partial charge in [-0.1, -0.05) is 30.3 Å². The Hall–Kier alpha value is -2.20. The summed E-state index contributed by atoms with van der Waals surface area (Å²) in [4.78, 5) is 18.8. The quantitative estimate of drug-likeness (QED) is 0.874. The molecule has 1 atom stereocenters. The first-order valence-corrected chi connectivity index (χ1v) is 7.49. The van der Waals surface area contributed by atoms with Crippen LogP contribution < -0.4 is 0 Å². The number of hydrogen-bond acceptors (Lipinski definition) is 3. The minimum absolute atomic E-state index is 0.0310. The molecule has 1 aromatic carbocycles. The fourth-order valence-corrected chi connectivity index (χ4v) is 2.96. The van der Waals surface area contributed by atoms with Crippen LogP contribution in [-0.2, 0) is 11.2 Å². The molecule has 1 fully saturated rings. The van der Waals surface area contributed by atoms with Gasteiger partial charge in [-0.2, -0.15) is 0 Å². The maximum Gasteiger partial charge on any atom is 0.257 e. The zero-order valence-electron chi connectivity index (χ0n) is 12.9. The minimum atomic E-state index is -0.605. The first-order valence-electron chi connectivity index (χ1n) is 7.49. The van der Waals surface area contributed by atoms with Crippen molar-refractivity contribution in [2.24, 2.45) is 0 Å². The molecule has 0 bridgehead atoms. The second-order valence-corrected chi connectivity index (χ2v) is 6.02. The van der Waals surface area contributed by atoms with Gasteiger partial charge in [0.25, 0.3) is 5.91 Å². The smallest absolute Gasteiger partial charge is 0.257 e. The zero-order chi connectivity index (χ0) is 15.6. The molecule has 0 radical (unpaired) electrons. The van der Waals surface area contributed by atoms with E-state index in [0.717, 1.165) is 6.42 Å². The molecule has 3 rings (SSSR count). The van der Waals surface area contributed by atoms with Crippen LogP contribution in [0.25, 0.3) is 0 Å². The Labute approximate surface area is 130 Å². The molecule has 1 aliphatic rings. The molecule has 22 heavy (non-hydrogen) atoms. The summed E-state index contributed by atoms with van der Waals surface area (Å²) >= 11 is 0. The SMILES string of the molecule is CC1(C)OC[C@@H](Cc2ccccc2)N1C(=O)c1cccnc1. The molecule has 4 heteroatoms. The molecular formula is C18H20N2O2. The Morgan fingerprint density at radius 2 is 2.05 bits per heavy atom. The lowest BCUT2D eigenvalue weighted by atomic mass is 10.0. The summed E-state index contributed by atoms with van der Waals surface area (Å²) in [6.45, 7) is 4.42. The lowest BCUT2D eigenvalue weighted by Crippen LogP contribution is -2.48. The highest BCUT2D eigenvalue weighted by Gasteiger charge is 2.43. The predicted molar refractivity (Wildman–Crippen MR) is 84.4 cm³/mol. The van der Waals surface area contributed by atoms with Crippen LogP contribution in [0.15, 0.2) is 54.9 Å². The van der Waals surface area contributed by atoms with Crippen LogP contribution >= 0.6 is 0 Å². The van der Waals surface area contributed by atoms with Crippen LogP contribution in [-0.4, -0.2) is 34.2 Å². The zero-order valence-corrected chi connectivity index (χ0v) is 12.9. The Kier molecular flexibility index (Phi) is 3.94. The van der Waals surface area contributed by atoms with Crippen molar-refractivity contribution >= 4 is 5.91 Å². The third-order valence-corrected chi connectivity index (χ3v) is 4.02. The summed E-state index contributed by atoms with van der Waals surface area (Å²) in [5.41, 5.74) is 1.20. The molecule has 2 aromatic rings. The normalized spacial score (nSPS) is 20.1. The van der Waals surface area contributed by atoms with Gasteiger partial charge in [0.15, 0.2) is 0 Å². The number of nitrogens with zero attached hydrogens (tertiary/aromatic N) is 2. The van der Waals surface area contributed by atoms with Crippen molar-refractivity contribution < 1.29 is 9.53 Å². The van der Waals surface area contributed by atoms with Crippen molar-refractivity contribution in [3.8, 4) is 0 Å². The Balaban J connectivity index is 1.86. The van der Waals surface area contributed by atoms with Gasteiger partial charge in [-0.3, -0.25) is 9.78 Å². The number of carbonyl (C=O) groups is 1. The largest absolute Gasteiger partial charge is 0.354 e. The molecule has 1 amide bonds. The van der Waals surface area contributed by atoms with Gasteiger partial charge >= 0.3 is 0 Å². The summed E-state index contributed by atoms with van der Waals surface area (Å²) in [6, 6.07) is 13.8. The molecule has 4 nitrogen and oxygen atoms in total. The molecule has 0 unspecified atom stereocenters. The fraction of sp³-hybridized carbons (Fsp3) is 0.333. The van der Waals surface area contributed by atoms with E-state index in [-0.39, 0.29) is 11.9 Å². The van der Waals surface area contributed by atoms with Crippen molar-refractivity contribution in [1.82, 2.24) is 9.88 Å². The van der Waals surface area contributed by atoms with Crippen molar-refractivity contribution in [3.63, 3.8) is 0 Å².